The molecule has 0 unspecified atom stereocenters. The number of pyridine rings is 1. The van der Waals surface area contributed by atoms with Crippen LogP contribution in [0.15, 0.2) is 18.3 Å². The number of aromatic nitrogens is 1. The van der Waals surface area contributed by atoms with Crippen LogP contribution in [0.2, 0.25) is 0 Å². The molecule has 1 nitrogen and oxygen atoms in total. The Morgan fingerprint density at radius 2 is 1.29 bits per heavy atom. The topological polar surface area (TPSA) is 12.9 Å². The molecule has 1 heteroatoms. The van der Waals surface area contributed by atoms with Gasteiger partial charge in [-0.3, -0.25) is 4.98 Å². The van der Waals surface area contributed by atoms with Gasteiger partial charge in [0.15, 0.2) is 0 Å². The van der Waals surface area contributed by atoms with Crippen molar-refractivity contribution in [1.29, 1.82) is 0 Å². The smallest absolute Gasteiger partial charge is 0.0434 e. The fourth-order valence-electron chi connectivity index (χ4n) is 6.45. The second-order valence-corrected chi connectivity index (χ2v) is 11.0. The Kier molecular flexibility index (Phi) is 11.5. The molecular formula is C30H51N. The lowest BCUT2D eigenvalue weighted by molar-refractivity contribution is 0.155. The number of hydrogen-bond donors (Lipinski definition) is 0. The van der Waals surface area contributed by atoms with Gasteiger partial charge >= 0.3 is 0 Å². The first kappa shape index (κ1) is 24.8. The average molecular weight is 426 g/mol. The van der Waals surface area contributed by atoms with Crippen molar-refractivity contribution in [2.24, 2.45) is 17.8 Å². The molecule has 2 aliphatic rings. The third-order valence-electron chi connectivity index (χ3n) is 8.63. The summed E-state index contributed by atoms with van der Waals surface area (Å²) >= 11 is 0. The second kappa shape index (κ2) is 14.3. The third-order valence-corrected chi connectivity index (χ3v) is 8.63. The Balaban J connectivity index is 1.32. The summed E-state index contributed by atoms with van der Waals surface area (Å²) in [7, 11) is 0. The van der Waals surface area contributed by atoms with Crippen molar-refractivity contribution >= 4 is 0 Å². The molecule has 0 N–H and O–H groups in total. The summed E-state index contributed by atoms with van der Waals surface area (Å²) in [5, 5.41) is 0. The summed E-state index contributed by atoms with van der Waals surface area (Å²) in [6, 6.07) is 4.73. The van der Waals surface area contributed by atoms with Gasteiger partial charge in [-0.25, -0.2) is 0 Å². The molecular weight excluding hydrogens is 374 g/mol. The Labute approximate surface area is 194 Å². The fourth-order valence-corrected chi connectivity index (χ4v) is 6.45. The van der Waals surface area contributed by atoms with Gasteiger partial charge in [0, 0.05) is 17.8 Å². The molecule has 1 aromatic rings. The van der Waals surface area contributed by atoms with Crippen LogP contribution >= 0.6 is 0 Å². The van der Waals surface area contributed by atoms with E-state index in [-0.39, 0.29) is 0 Å². The number of aryl methyl sites for hydroxylation is 1. The number of rotatable bonds is 13. The van der Waals surface area contributed by atoms with E-state index in [1.165, 1.54) is 133 Å². The molecule has 176 valence electrons. The van der Waals surface area contributed by atoms with E-state index < -0.39 is 0 Å². The van der Waals surface area contributed by atoms with Gasteiger partial charge in [0.05, 0.1) is 0 Å². The van der Waals surface area contributed by atoms with E-state index in [1.54, 1.807) is 0 Å². The summed E-state index contributed by atoms with van der Waals surface area (Å²) in [5.41, 5.74) is 2.82. The first-order chi connectivity index (χ1) is 15.3. The van der Waals surface area contributed by atoms with E-state index >= 15 is 0 Å². The van der Waals surface area contributed by atoms with Crippen LogP contribution < -0.4 is 0 Å². The summed E-state index contributed by atoms with van der Waals surface area (Å²) < 4.78 is 0. The molecule has 0 saturated heterocycles. The van der Waals surface area contributed by atoms with Crippen LogP contribution in [-0.2, 0) is 6.42 Å². The first-order valence-corrected chi connectivity index (χ1v) is 14.2. The van der Waals surface area contributed by atoms with E-state index in [1.807, 2.05) is 0 Å². The predicted molar refractivity (Wildman–Crippen MR) is 136 cm³/mol. The van der Waals surface area contributed by atoms with Gasteiger partial charge in [-0.05, 0) is 80.8 Å². The summed E-state index contributed by atoms with van der Waals surface area (Å²) in [6.07, 6.45) is 29.3. The maximum Gasteiger partial charge on any atom is 0.0434 e. The van der Waals surface area contributed by atoms with Gasteiger partial charge in [-0.1, -0.05) is 90.5 Å². The molecule has 1 heterocycles. The van der Waals surface area contributed by atoms with Crippen molar-refractivity contribution in [3.05, 3.63) is 29.6 Å². The summed E-state index contributed by atoms with van der Waals surface area (Å²) in [5.74, 6) is 3.83. The molecule has 3 rings (SSSR count). The Bertz CT molecular complexity index is 561. The zero-order chi connectivity index (χ0) is 21.7. The highest BCUT2D eigenvalue weighted by Crippen LogP contribution is 2.44. The van der Waals surface area contributed by atoms with Crippen LogP contribution in [0.3, 0.4) is 0 Å². The molecule has 2 saturated carbocycles. The number of nitrogens with zero attached hydrogens (tertiary/aromatic N) is 1. The monoisotopic (exact) mass is 425 g/mol. The Hall–Kier alpha value is -0.850. The SMILES string of the molecule is CCCCCCCc1ccc([C@H]2CC[C@H]([C@H]3CC[C@H](CCCCCC)CC3)CC2)nc1. The maximum absolute atomic E-state index is 4.91. The van der Waals surface area contributed by atoms with E-state index in [4.69, 9.17) is 4.98 Å². The molecule has 0 aliphatic heterocycles. The third kappa shape index (κ3) is 8.54. The standard InChI is InChI=1S/C30H51N/c1-3-5-7-9-11-13-26-16-23-30(31-24-26)29-21-19-28(20-22-29)27-17-14-25(15-18-27)12-10-8-6-4-2/h16,23-25,27-29H,3-15,17-22H2,1-2H3/t25-,27-,28-,29-. The molecule has 0 amide bonds. The lowest BCUT2D eigenvalue weighted by atomic mass is 9.68. The molecule has 2 fully saturated rings. The first-order valence-electron chi connectivity index (χ1n) is 14.2. The molecule has 0 aromatic carbocycles. The van der Waals surface area contributed by atoms with Crippen LogP contribution in [0.25, 0.3) is 0 Å². The van der Waals surface area contributed by atoms with Gasteiger partial charge in [0.1, 0.15) is 0 Å². The zero-order valence-corrected chi connectivity index (χ0v) is 20.9. The van der Waals surface area contributed by atoms with Crippen LogP contribution in [0.5, 0.6) is 0 Å². The lowest BCUT2D eigenvalue weighted by Gasteiger charge is -2.38. The van der Waals surface area contributed by atoms with Crippen molar-refractivity contribution in [2.75, 3.05) is 0 Å². The minimum absolute atomic E-state index is 0.727. The quantitative estimate of drug-likeness (QED) is 0.287. The van der Waals surface area contributed by atoms with Gasteiger partial charge in [0.2, 0.25) is 0 Å². The van der Waals surface area contributed by atoms with Crippen molar-refractivity contribution in [3.63, 3.8) is 0 Å². The fraction of sp³-hybridized carbons (Fsp3) is 0.833. The molecule has 0 bridgehead atoms. The minimum Gasteiger partial charge on any atom is -0.261 e. The molecule has 0 radical (unpaired) electrons. The molecule has 0 atom stereocenters. The molecule has 0 spiro atoms. The highest BCUT2D eigenvalue weighted by atomic mass is 14.7. The van der Waals surface area contributed by atoms with E-state index in [0.29, 0.717) is 0 Å². The Morgan fingerprint density at radius 3 is 1.90 bits per heavy atom. The van der Waals surface area contributed by atoms with Crippen LogP contribution in [0.4, 0.5) is 0 Å². The minimum atomic E-state index is 0.727. The normalized spacial score (nSPS) is 26.8. The van der Waals surface area contributed by atoms with E-state index in [9.17, 15) is 0 Å². The highest BCUT2D eigenvalue weighted by molar-refractivity contribution is 5.17. The van der Waals surface area contributed by atoms with Gasteiger partial charge in [-0.15, -0.1) is 0 Å². The van der Waals surface area contributed by atoms with Gasteiger partial charge in [-0.2, -0.15) is 0 Å². The predicted octanol–water partition coefficient (Wildman–Crippen LogP) is 9.65. The van der Waals surface area contributed by atoms with E-state index in [2.05, 4.69) is 32.2 Å². The zero-order valence-electron chi connectivity index (χ0n) is 20.9. The van der Waals surface area contributed by atoms with E-state index in [0.717, 1.165) is 23.7 Å². The lowest BCUT2D eigenvalue weighted by Crippen LogP contribution is -2.25. The van der Waals surface area contributed by atoms with Crippen LogP contribution in [-0.4, -0.2) is 4.98 Å². The molecule has 1 aromatic heterocycles. The van der Waals surface area contributed by atoms with Crippen LogP contribution in [0.1, 0.15) is 147 Å². The Morgan fingerprint density at radius 1 is 0.677 bits per heavy atom. The number of hydrogen-bond acceptors (Lipinski definition) is 1. The highest BCUT2D eigenvalue weighted by Gasteiger charge is 2.31. The van der Waals surface area contributed by atoms with Gasteiger partial charge < -0.3 is 0 Å². The van der Waals surface area contributed by atoms with Crippen molar-refractivity contribution < 1.29 is 0 Å². The molecule has 2 aliphatic carbocycles. The summed E-state index contributed by atoms with van der Waals surface area (Å²) in [4.78, 5) is 4.91. The second-order valence-electron chi connectivity index (χ2n) is 11.0. The summed E-state index contributed by atoms with van der Waals surface area (Å²) in [6.45, 7) is 4.61. The van der Waals surface area contributed by atoms with Gasteiger partial charge in [0.25, 0.3) is 0 Å². The number of unbranched alkanes of at least 4 members (excludes halogenated alkanes) is 7. The maximum atomic E-state index is 4.91. The van der Waals surface area contributed by atoms with Crippen molar-refractivity contribution in [1.82, 2.24) is 4.98 Å². The average Bonchev–Trinajstić information content (AvgIpc) is 2.83. The largest absolute Gasteiger partial charge is 0.261 e. The van der Waals surface area contributed by atoms with Crippen molar-refractivity contribution in [2.45, 2.75) is 142 Å². The van der Waals surface area contributed by atoms with Crippen LogP contribution in [0, 0.1) is 17.8 Å². The molecule has 31 heavy (non-hydrogen) atoms. The van der Waals surface area contributed by atoms with Crippen molar-refractivity contribution in [3.8, 4) is 0 Å².